The van der Waals surface area contributed by atoms with Crippen molar-refractivity contribution >= 4 is 11.8 Å². The summed E-state index contributed by atoms with van der Waals surface area (Å²) in [4.78, 5) is 0. The van der Waals surface area contributed by atoms with Gasteiger partial charge in [0.25, 0.3) is 0 Å². The van der Waals surface area contributed by atoms with Crippen LogP contribution in [-0.2, 0) is 6.42 Å². The molecule has 1 aromatic rings. The van der Waals surface area contributed by atoms with Gasteiger partial charge in [0.1, 0.15) is 5.76 Å². The lowest BCUT2D eigenvalue weighted by atomic mass is 10.00. The van der Waals surface area contributed by atoms with E-state index in [9.17, 15) is 0 Å². The molecule has 0 saturated carbocycles. The van der Waals surface area contributed by atoms with Gasteiger partial charge in [-0.1, -0.05) is 0 Å². The molecule has 1 unspecified atom stereocenters. The molecule has 0 amide bonds. The van der Waals surface area contributed by atoms with Gasteiger partial charge in [0.2, 0.25) is 0 Å². The Hall–Kier alpha value is -0.410. The molecule has 2 heterocycles. The minimum absolute atomic E-state index is 0.523. The monoisotopic (exact) mass is 197 g/mol. The molecule has 0 aromatic carbocycles. The van der Waals surface area contributed by atoms with Gasteiger partial charge in [0.05, 0.1) is 6.26 Å². The molecule has 1 atom stereocenters. The predicted molar refractivity (Wildman–Crippen MR) is 56.2 cm³/mol. The van der Waals surface area contributed by atoms with Gasteiger partial charge in [-0.05, 0) is 24.5 Å². The summed E-state index contributed by atoms with van der Waals surface area (Å²) in [5, 5.41) is 3.52. The maximum atomic E-state index is 5.42. The van der Waals surface area contributed by atoms with Crippen molar-refractivity contribution in [2.24, 2.45) is 0 Å². The van der Waals surface area contributed by atoms with Crippen molar-refractivity contribution in [3.63, 3.8) is 0 Å². The largest absolute Gasteiger partial charge is 0.469 e. The Morgan fingerprint density at radius 1 is 1.69 bits per heavy atom. The molecule has 2 rings (SSSR count). The van der Waals surface area contributed by atoms with Crippen molar-refractivity contribution in [2.75, 3.05) is 18.6 Å². The summed E-state index contributed by atoms with van der Waals surface area (Å²) >= 11 is 1.90. The second-order valence-corrected chi connectivity index (χ2v) is 4.32. The van der Waals surface area contributed by atoms with Gasteiger partial charge in [-0.25, -0.2) is 0 Å². The van der Waals surface area contributed by atoms with E-state index < -0.39 is 0 Å². The van der Waals surface area contributed by atoms with Crippen LogP contribution in [0.5, 0.6) is 0 Å². The second-order valence-electron chi connectivity index (χ2n) is 3.34. The zero-order chi connectivity index (χ0) is 9.10. The summed E-state index contributed by atoms with van der Waals surface area (Å²) in [5.74, 6) is 2.40. The Labute approximate surface area is 83.1 Å². The molecule has 3 heteroatoms. The number of hydrogen-bond acceptors (Lipinski definition) is 3. The van der Waals surface area contributed by atoms with E-state index in [0.717, 1.165) is 13.0 Å². The third-order valence-corrected chi connectivity index (χ3v) is 3.15. The molecule has 0 fully saturated rings. The number of fused-ring (bicyclic) bond motifs is 1. The first kappa shape index (κ1) is 9.16. The molecular weight excluding hydrogens is 182 g/mol. The zero-order valence-electron chi connectivity index (χ0n) is 7.88. The smallest absolute Gasteiger partial charge is 0.109 e. The average molecular weight is 197 g/mol. The number of furan rings is 1. The minimum atomic E-state index is 0.523. The van der Waals surface area contributed by atoms with E-state index in [1.807, 2.05) is 18.0 Å². The van der Waals surface area contributed by atoms with Crippen molar-refractivity contribution < 1.29 is 4.42 Å². The second kappa shape index (κ2) is 4.20. The summed E-state index contributed by atoms with van der Waals surface area (Å²) in [7, 11) is 0. The van der Waals surface area contributed by atoms with E-state index >= 15 is 0 Å². The van der Waals surface area contributed by atoms with E-state index in [0.29, 0.717) is 6.04 Å². The Morgan fingerprint density at radius 3 is 3.46 bits per heavy atom. The molecule has 0 bridgehead atoms. The van der Waals surface area contributed by atoms with Crippen LogP contribution in [0.1, 0.15) is 23.8 Å². The van der Waals surface area contributed by atoms with E-state index in [2.05, 4.69) is 17.6 Å². The highest BCUT2D eigenvalue weighted by Crippen LogP contribution is 2.26. The first-order chi connectivity index (χ1) is 6.42. The van der Waals surface area contributed by atoms with Gasteiger partial charge in [-0.3, -0.25) is 0 Å². The van der Waals surface area contributed by atoms with Crippen molar-refractivity contribution in [3.05, 3.63) is 23.7 Å². The lowest BCUT2D eigenvalue weighted by Crippen LogP contribution is -2.29. The fourth-order valence-electron chi connectivity index (χ4n) is 1.83. The number of hydrogen-bond donors (Lipinski definition) is 1. The van der Waals surface area contributed by atoms with Gasteiger partial charge in [0, 0.05) is 24.6 Å². The van der Waals surface area contributed by atoms with Gasteiger partial charge in [-0.2, -0.15) is 11.8 Å². The highest BCUT2D eigenvalue weighted by Gasteiger charge is 2.20. The van der Waals surface area contributed by atoms with Crippen molar-refractivity contribution in [2.45, 2.75) is 18.9 Å². The first-order valence-corrected chi connectivity index (χ1v) is 6.10. The molecule has 0 spiro atoms. The Bertz CT molecular complexity index is 272. The summed E-state index contributed by atoms with van der Waals surface area (Å²) in [6, 6.07) is 2.63. The normalized spacial score (nSPS) is 21.5. The third kappa shape index (κ3) is 1.92. The van der Waals surface area contributed by atoms with E-state index in [4.69, 9.17) is 4.42 Å². The van der Waals surface area contributed by atoms with Crippen LogP contribution < -0.4 is 5.32 Å². The average Bonchev–Trinajstić information content (AvgIpc) is 2.62. The highest BCUT2D eigenvalue weighted by atomic mass is 32.2. The zero-order valence-corrected chi connectivity index (χ0v) is 8.69. The van der Waals surface area contributed by atoms with Crippen LogP contribution in [0.3, 0.4) is 0 Å². The number of nitrogens with one attached hydrogen (secondary N) is 1. The molecule has 0 aliphatic carbocycles. The molecular formula is C10H15NOS. The van der Waals surface area contributed by atoms with Crippen molar-refractivity contribution in [1.82, 2.24) is 5.32 Å². The van der Waals surface area contributed by atoms with E-state index in [1.54, 1.807) is 0 Å². The van der Waals surface area contributed by atoms with Crippen LogP contribution >= 0.6 is 11.8 Å². The number of rotatable bonds is 3. The molecule has 1 N–H and O–H groups in total. The van der Waals surface area contributed by atoms with Crippen molar-refractivity contribution in [3.8, 4) is 0 Å². The predicted octanol–water partition coefficient (Wildman–Crippen LogP) is 2.22. The fourth-order valence-corrected chi connectivity index (χ4v) is 2.30. The third-order valence-electron chi connectivity index (χ3n) is 2.51. The van der Waals surface area contributed by atoms with Gasteiger partial charge in [-0.15, -0.1) is 0 Å². The quantitative estimate of drug-likeness (QED) is 0.804. The maximum Gasteiger partial charge on any atom is 0.109 e. The Balaban J connectivity index is 2.07. The fraction of sp³-hybridized carbons (Fsp3) is 0.600. The maximum absolute atomic E-state index is 5.42. The Morgan fingerprint density at radius 2 is 2.62 bits per heavy atom. The van der Waals surface area contributed by atoms with Crippen LogP contribution in [0, 0.1) is 0 Å². The molecule has 0 saturated heterocycles. The molecule has 13 heavy (non-hydrogen) atoms. The lowest BCUT2D eigenvalue weighted by molar-refractivity contribution is 0.428. The standard InChI is InChI=1S/C10H15NOS/c1-13-7-4-9-8-3-6-12-10(8)2-5-11-9/h3,6,9,11H,2,4-5,7H2,1H3. The molecule has 72 valence electrons. The van der Waals surface area contributed by atoms with Crippen LogP contribution in [0.25, 0.3) is 0 Å². The first-order valence-electron chi connectivity index (χ1n) is 4.70. The van der Waals surface area contributed by atoms with Crippen molar-refractivity contribution in [1.29, 1.82) is 0 Å². The number of thioether (sulfide) groups is 1. The SMILES string of the molecule is CSCCC1NCCc2occc21. The molecule has 2 nitrogen and oxygen atoms in total. The van der Waals surface area contributed by atoms with E-state index in [1.165, 1.54) is 23.5 Å². The topological polar surface area (TPSA) is 25.2 Å². The summed E-state index contributed by atoms with van der Waals surface area (Å²) in [5.41, 5.74) is 1.38. The Kier molecular flexibility index (Phi) is 2.96. The summed E-state index contributed by atoms with van der Waals surface area (Å²) in [6.45, 7) is 1.06. The highest BCUT2D eigenvalue weighted by molar-refractivity contribution is 7.98. The van der Waals surface area contributed by atoms with Crippen LogP contribution in [0.4, 0.5) is 0 Å². The molecule has 1 aliphatic rings. The molecule has 0 radical (unpaired) electrons. The van der Waals surface area contributed by atoms with Gasteiger partial charge < -0.3 is 9.73 Å². The van der Waals surface area contributed by atoms with Gasteiger partial charge in [0.15, 0.2) is 0 Å². The van der Waals surface area contributed by atoms with Gasteiger partial charge >= 0.3 is 0 Å². The van der Waals surface area contributed by atoms with Crippen LogP contribution in [0.15, 0.2) is 16.7 Å². The minimum Gasteiger partial charge on any atom is -0.469 e. The molecule has 1 aromatic heterocycles. The van der Waals surface area contributed by atoms with E-state index in [-0.39, 0.29) is 0 Å². The lowest BCUT2D eigenvalue weighted by Gasteiger charge is -2.22. The summed E-state index contributed by atoms with van der Waals surface area (Å²) < 4.78 is 5.42. The van der Waals surface area contributed by atoms with Crippen LogP contribution in [-0.4, -0.2) is 18.6 Å². The van der Waals surface area contributed by atoms with Crippen LogP contribution in [0.2, 0.25) is 0 Å². The molecule has 1 aliphatic heterocycles. The summed E-state index contributed by atoms with van der Waals surface area (Å²) in [6.07, 6.45) is 6.20.